The Morgan fingerprint density at radius 2 is 1.87 bits per heavy atom. The molecule has 0 bridgehead atoms. The molecule has 0 unspecified atom stereocenters. The van der Waals surface area contributed by atoms with E-state index in [1.54, 1.807) is 26.5 Å². The molecule has 1 N–H and O–H groups in total. The predicted molar refractivity (Wildman–Crippen MR) is 122 cm³/mol. The van der Waals surface area contributed by atoms with Crippen LogP contribution in [0, 0.1) is 5.92 Å². The molecule has 160 valence electrons. The van der Waals surface area contributed by atoms with Gasteiger partial charge in [0.2, 0.25) is 5.91 Å². The van der Waals surface area contributed by atoms with Gasteiger partial charge in [-0.15, -0.1) is 0 Å². The number of piperidine rings is 1. The van der Waals surface area contributed by atoms with Crippen molar-refractivity contribution in [3.63, 3.8) is 0 Å². The SMILES string of the molecule is COc1cc(OC)c(/C=N/NC(=O)C2CCN(Cc3ccc(Cl)cc3)CC2)cc1Br. The molecule has 1 aliphatic heterocycles. The van der Waals surface area contributed by atoms with Crippen molar-refractivity contribution < 1.29 is 14.3 Å². The summed E-state index contributed by atoms with van der Waals surface area (Å²) in [6.45, 7) is 2.63. The highest BCUT2D eigenvalue weighted by Crippen LogP contribution is 2.32. The second-order valence-electron chi connectivity index (χ2n) is 7.14. The molecule has 30 heavy (non-hydrogen) atoms. The number of ether oxygens (including phenoxy) is 2. The van der Waals surface area contributed by atoms with Crippen LogP contribution in [0.25, 0.3) is 0 Å². The first-order valence-electron chi connectivity index (χ1n) is 9.71. The molecule has 6 nitrogen and oxygen atoms in total. The molecule has 1 saturated heterocycles. The third-order valence-electron chi connectivity index (χ3n) is 5.16. The van der Waals surface area contributed by atoms with E-state index in [9.17, 15) is 4.79 Å². The zero-order chi connectivity index (χ0) is 21.5. The zero-order valence-electron chi connectivity index (χ0n) is 17.0. The molecule has 0 aromatic heterocycles. The maximum absolute atomic E-state index is 12.5. The highest BCUT2D eigenvalue weighted by molar-refractivity contribution is 9.10. The van der Waals surface area contributed by atoms with Crippen LogP contribution in [0.5, 0.6) is 11.5 Å². The van der Waals surface area contributed by atoms with Gasteiger partial charge in [-0.3, -0.25) is 9.69 Å². The number of nitrogens with one attached hydrogen (secondary N) is 1. The van der Waals surface area contributed by atoms with E-state index in [1.165, 1.54) is 5.56 Å². The number of likely N-dealkylation sites (tertiary alicyclic amines) is 1. The summed E-state index contributed by atoms with van der Waals surface area (Å²) >= 11 is 9.39. The average Bonchev–Trinajstić information content (AvgIpc) is 2.76. The van der Waals surface area contributed by atoms with E-state index in [0.717, 1.165) is 47.5 Å². The number of rotatable bonds is 7. The van der Waals surface area contributed by atoms with Crippen LogP contribution in [0.2, 0.25) is 5.02 Å². The average molecular weight is 495 g/mol. The Morgan fingerprint density at radius 3 is 2.50 bits per heavy atom. The molecule has 0 spiro atoms. The summed E-state index contributed by atoms with van der Waals surface area (Å²) in [5.41, 5.74) is 4.63. The molecule has 1 fully saturated rings. The summed E-state index contributed by atoms with van der Waals surface area (Å²) in [5.74, 6) is 1.19. The maximum atomic E-state index is 12.5. The van der Waals surface area contributed by atoms with E-state index in [4.69, 9.17) is 21.1 Å². The minimum absolute atomic E-state index is 0.0342. The molecule has 0 saturated carbocycles. The molecule has 1 amide bonds. The molecule has 0 atom stereocenters. The number of carbonyl (C=O) groups is 1. The van der Waals surface area contributed by atoms with Gasteiger partial charge in [0.1, 0.15) is 11.5 Å². The molecule has 1 heterocycles. The summed E-state index contributed by atoms with van der Waals surface area (Å²) in [4.78, 5) is 14.9. The molecule has 0 radical (unpaired) electrons. The molecular formula is C22H25BrClN3O3. The molecule has 8 heteroatoms. The number of hydrogen-bond donors (Lipinski definition) is 1. The first-order chi connectivity index (χ1) is 14.5. The Hall–Kier alpha value is -2.09. The minimum Gasteiger partial charge on any atom is -0.496 e. The Morgan fingerprint density at radius 1 is 1.20 bits per heavy atom. The number of halogens is 2. The highest BCUT2D eigenvalue weighted by atomic mass is 79.9. The highest BCUT2D eigenvalue weighted by Gasteiger charge is 2.24. The van der Waals surface area contributed by atoms with Gasteiger partial charge in [0, 0.05) is 29.1 Å². The van der Waals surface area contributed by atoms with Crippen molar-refractivity contribution in [3.05, 3.63) is 57.0 Å². The van der Waals surface area contributed by atoms with Gasteiger partial charge in [-0.05, 0) is 65.6 Å². The standard InChI is InChI=1S/C22H25BrClN3O3/c1-29-20-12-21(30-2)19(23)11-17(20)13-25-26-22(28)16-7-9-27(10-8-16)14-15-3-5-18(24)6-4-15/h3-6,11-13,16H,7-10,14H2,1-2H3,(H,26,28)/b25-13+. The first kappa shape index (κ1) is 22.6. The van der Waals surface area contributed by atoms with Crippen molar-refractivity contribution >= 4 is 39.7 Å². The third kappa shape index (κ3) is 5.97. The number of carbonyl (C=O) groups excluding carboxylic acids is 1. The van der Waals surface area contributed by atoms with Gasteiger partial charge in [-0.2, -0.15) is 5.10 Å². The van der Waals surface area contributed by atoms with Gasteiger partial charge in [0.15, 0.2) is 0 Å². The van der Waals surface area contributed by atoms with Gasteiger partial charge in [-0.1, -0.05) is 23.7 Å². The molecule has 3 rings (SSSR count). The van der Waals surface area contributed by atoms with E-state index in [1.807, 2.05) is 30.3 Å². The molecule has 1 aliphatic rings. The Balaban J connectivity index is 1.50. The van der Waals surface area contributed by atoms with Crippen LogP contribution in [0.4, 0.5) is 0 Å². The van der Waals surface area contributed by atoms with Crippen LogP contribution in [0.1, 0.15) is 24.0 Å². The van der Waals surface area contributed by atoms with E-state index in [0.29, 0.717) is 11.5 Å². The Kier molecular flexibility index (Phi) is 8.13. The van der Waals surface area contributed by atoms with Crippen LogP contribution in [-0.2, 0) is 11.3 Å². The lowest BCUT2D eigenvalue weighted by atomic mass is 9.96. The van der Waals surface area contributed by atoms with Crippen molar-refractivity contribution in [1.29, 1.82) is 0 Å². The normalized spacial score (nSPS) is 15.3. The van der Waals surface area contributed by atoms with Gasteiger partial charge in [0.05, 0.1) is 24.9 Å². The lowest BCUT2D eigenvalue weighted by molar-refractivity contribution is -0.126. The summed E-state index contributed by atoms with van der Waals surface area (Å²) < 4.78 is 11.4. The molecule has 2 aromatic rings. The van der Waals surface area contributed by atoms with Crippen molar-refractivity contribution in [3.8, 4) is 11.5 Å². The molecule has 0 aliphatic carbocycles. The van der Waals surface area contributed by atoms with E-state index < -0.39 is 0 Å². The van der Waals surface area contributed by atoms with E-state index >= 15 is 0 Å². The van der Waals surface area contributed by atoms with Gasteiger partial charge >= 0.3 is 0 Å². The van der Waals surface area contributed by atoms with Crippen LogP contribution in [0.3, 0.4) is 0 Å². The van der Waals surface area contributed by atoms with Crippen molar-refractivity contribution in [2.75, 3.05) is 27.3 Å². The second kappa shape index (κ2) is 10.8. The summed E-state index contributed by atoms with van der Waals surface area (Å²) in [5, 5.41) is 4.87. The van der Waals surface area contributed by atoms with Crippen LogP contribution in [0.15, 0.2) is 46.0 Å². The molecule has 2 aromatic carbocycles. The number of hydrazone groups is 1. The lowest BCUT2D eigenvalue weighted by Gasteiger charge is -2.30. The summed E-state index contributed by atoms with van der Waals surface area (Å²) in [6, 6.07) is 11.5. The Labute approximate surface area is 190 Å². The minimum atomic E-state index is -0.0519. The van der Waals surface area contributed by atoms with E-state index in [2.05, 4.69) is 31.4 Å². The number of amides is 1. The number of nitrogens with zero attached hydrogens (tertiary/aromatic N) is 2. The molecular weight excluding hydrogens is 470 g/mol. The third-order valence-corrected chi connectivity index (χ3v) is 6.03. The fourth-order valence-electron chi connectivity index (χ4n) is 3.44. The fourth-order valence-corrected chi connectivity index (χ4v) is 4.09. The monoisotopic (exact) mass is 493 g/mol. The number of benzene rings is 2. The van der Waals surface area contributed by atoms with Gasteiger partial charge < -0.3 is 9.47 Å². The van der Waals surface area contributed by atoms with Gasteiger partial charge in [-0.25, -0.2) is 5.43 Å². The second-order valence-corrected chi connectivity index (χ2v) is 8.43. The number of hydrogen-bond acceptors (Lipinski definition) is 5. The fraction of sp³-hybridized carbons (Fsp3) is 0.364. The topological polar surface area (TPSA) is 63.2 Å². The van der Waals surface area contributed by atoms with Crippen LogP contribution in [-0.4, -0.2) is 44.3 Å². The van der Waals surface area contributed by atoms with Crippen molar-refractivity contribution in [1.82, 2.24) is 10.3 Å². The number of methoxy groups -OCH3 is 2. The van der Waals surface area contributed by atoms with Crippen LogP contribution >= 0.6 is 27.5 Å². The zero-order valence-corrected chi connectivity index (χ0v) is 19.4. The largest absolute Gasteiger partial charge is 0.496 e. The van der Waals surface area contributed by atoms with Crippen LogP contribution < -0.4 is 14.9 Å². The lowest BCUT2D eigenvalue weighted by Crippen LogP contribution is -2.39. The van der Waals surface area contributed by atoms with Crippen molar-refractivity contribution in [2.24, 2.45) is 11.0 Å². The van der Waals surface area contributed by atoms with Crippen molar-refractivity contribution in [2.45, 2.75) is 19.4 Å². The first-order valence-corrected chi connectivity index (χ1v) is 10.9. The van der Waals surface area contributed by atoms with E-state index in [-0.39, 0.29) is 11.8 Å². The Bertz CT molecular complexity index is 897. The quantitative estimate of drug-likeness (QED) is 0.455. The summed E-state index contributed by atoms with van der Waals surface area (Å²) in [6.07, 6.45) is 3.20. The smallest absolute Gasteiger partial charge is 0.243 e. The van der Waals surface area contributed by atoms with Gasteiger partial charge in [0.25, 0.3) is 0 Å². The maximum Gasteiger partial charge on any atom is 0.243 e. The predicted octanol–water partition coefficient (Wildman–Crippen LogP) is 4.48. The summed E-state index contributed by atoms with van der Waals surface area (Å²) in [7, 11) is 3.17.